The Labute approximate surface area is 89.4 Å². The van der Waals surface area contributed by atoms with Crippen molar-refractivity contribution in [2.45, 2.75) is 13.3 Å². The molecule has 3 heteroatoms. The van der Waals surface area contributed by atoms with Crippen molar-refractivity contribution in [3.05, 3.63) is 26.6 Å². The van der Waals surface area contributed by atoms with Crippen LogP contribution in [-0.4, -0.2) is 7.11 Å². The van der Waals surface area contributed by atoms with Gasteiger partial charge in [-0.3, -0.25) is 0 Å². The second kappa shape index (κ2) is 4.28. The number of halogens is 2. The first-order chi connectivity index (χ1) is 5.69. The maximum absolute atomic E-state index is 5.18. The molecule has 1 nitrogen and oxygen atoms in total. The third kappa shape index (κ3) is 2.02. The van der Waals surface area contributed by atoms with E-state index in [1.807, 2.05) is 0 Å². The van der Waals surface area contributed by atoms with Crippen LogP contribution >= 0.6 is 31.9 Å². The summed E-state index contributed by atoms with van der Waals surface area (Å²) < 4.78 is 7.17. The largest absolute Gasteiger partial charge is 0.494 e. The van der Waals surface area contributed by atoms with E-state index >= 15 is 0 Å². The van der Waals surface area contributed by atoms with Crippen LogP contribution in [0.4, 0.5) is 0 Å². The summed E-state index contributed by atoms with van der Waals surface area (Å²) in [5, 5.41) is 0. The lowest BCUT2D eigenvalue weighted by Gasteiger charge is -2.07. The third-order valence-electron chi connectivity index (χ3n) is 1.67. The van der Waals surface area contributed by atoms with Crippen molar-refractivity contribution in [3.63, 3.8) is 0 Å². The first-order valence-electron chi connectivity index (χ1n) is 3.71. The summed E-state index contributed by atoms with van der Waals surface area (Å²) in [6.07, 6.45) is 1.03. The van der Waals surface area contributed by atoms with Gasteiger partial charge in [0.25, 0.3) is 0 Å². The fourth-order valence-corrected chi connectivity index (χ4v) is 2.62. The van der Waals surface area contributed by atoms with Crippen LogP contribution in [0.2, 0.25) is 0 Å². The van der Waals surface area contributed by atoms with Gasteiger partial charge in [-0.1, -0.05) is 6.92 Å². The first kappa shape index (κ1) is 10.1. The molecule has 66 valence electrons. The highest BCUT2D eigenvalue weighted by Crippen LogP contribution is 2.34. The summed E-state index contributed by atoms with van der Waals surface area (Å²) in [7, 11) is 1.66. The average Bonchev–Trinajstić information content (AvgIpc) is 2.03. The monoisotopic (exact) mass is 292 g/mol. The van der Waals surface area contributed by atoms with Crippen LogP contribution in [-0.2, 0) is 6.42 Å². The Balaban J connectivity index is 3.18. The number of benzene rings is 1. The molecule has 0 atom stereocenters. The molecule has 1 rings (SSSR count). The highest BCUT2D eigenvalue weighted by molar-refractivity contribution is 9.11. The molecule has 0 aliphatic rings. The summed E-state index contributed by atoms with van der Waals surface area (Å²) in [6, 6.07) is 4.15. The summed E-state index contributed by atoms with van der Waals surface area (Å²) in [4.78, 5) is 0. The molecule has 0 aromatic heterocycles. The fourth-order valence-electron chi connectivity index (χ4n) is 1.01. The van der Waals surface area contributed by atoms with E-state index < -0.39 is 0 Å². The van der Waals surface area contributed by atoms with Gasteiger partial charge in [-0.05, 0) is 56.0 Å². The Kier molecular flexibility index (Phi) is 3.59. The van der Waals surface area contributed by atoms with Crippen molar-refractivity contribution < 1.29 is 4.74 Å². The number of aryl methyl sites for hydroxylation is 1. The smallest absolute Gasteiger partial charge is 0.147 e. The van der Waals surface area contributed by atoms with Crippen LogP contribution in [0.25, 0.3) is 0 Å². The molecule has 0 aliphatic heterocycles. The standard InChI is InChI=1S/C9H10Br2O/c1-3-6-4-7(10)9(12-2)8(11)5-6/h4-5H,3H2,1-2H3. The van der Waals surface area contributed by atoms with E-state index in [0.29, 0.717) is 0 Å². The van der Waals surface area contributed by atoms with Crippen LogP contribution in [0, 0.1) is 0 Å². The first-order valence-corrected chi connectivity index (χ1v) is 5.29. The maximum Gasteiger partial charge on any atom is 0.147 e. The summed E-state index contributed by atoms with van der Waals surface area (Å²) >= 11 is 6.89. The van der Waals surface area contributed by atoms with E-state index in [0.717, 1.165) is 21.1 Å². The molecular weight excluding hydrogens is 284 g/mol. The van der Waals surface area contributed by atoms with Crippen LogP contribution in [0.3, 0.4) is 0 Å². The minimum absolute atomic E-state index is 0.854. The molecule has 0 bridgehead atoms. The van der Waals surface area contributed by atoms with Crippen molar-refractivity contribution in [1.29, 1.82) is 0 Å². The second-order valence-corrected chi connectivity index (χ2v) is 4.15. The molecule has 1 aromatic rings. The van der Waals surface area contributed by atoms with Crippen LogP contribution < -0.4 is 4.74 Å². The predicted octanol–water partition coefficient (Wildman–Crippen LogP) is 3.78. The molecule has 12 heavy (non-hydrogen) atoms. The topological polar surface area (TPSA) is 9.23 Å². The molecule has 0 spiro atoms. The Morgan fingerprint density at radius 3 is 2.08 bits per heavy atom. The van der Waals surface area contributed by atoms with E-state index in [9.17, 15) is 0 Å². The van der Waals surface area contributed by atoms with Crippen molar-refractivity contribution in [2.24, 2.45) is 0 Å². The molecular formula is C9H10Br2O. The van der Waals surface area contributed by atoms with Gasteiger partial charge in [0.1, 0.15) is 5.75 Å². The quantitative estimate of drug-likeness (QED) is 0.806. The molecule has 0 unspecified atom stereocenters. The van der Waals surface area contributed by atoms with Gasteiger partial charge in [0, 0.05) is 0 Å². The number of hydrogen-bond acceptors (Lipinski definition) is 1. The number of hydrogen-bond donors (Lipinski definition) is 0. The lowest BCUT2D eigenvalue weighted by atomic mass is 10.2. The Hall–Kier alpha value is -0.0200. The Morgan fingerprint density at radius 2 is 1.75 bits per heavy atom. The molecule has 1 aromatic carbocycles. The van der Waals surface area contributed by atoms with E-state index in [2.05, 4.69) is 50.9 Å². The zero-order valence-electron chi connectivity index (χ0n) is 7.03. The van der Waals surface area contributed by atoms with Crippen molar-refractivity contribution in [1.82, 2.24) is 0 Å². The minimum atomic E-state index is 0.854. The number of rotatable bonds is 2. The predicted molar refractivity (Wildman–Crippen MR) is 57.8 cm³/mol. The summed E-state index contributed by atoms with van der Waals surface area (Å²) in [6.45, 7) is 2.13. The normalized spacial score (nSPS) is 10.0. The molecule has 0 N–H and O–H groups in total. The molecule has 0 saturated carbocycles. The lowest BCUT2D eigenvalue weighted by molar-refractivity contribution is 0.409. The molecule has 0 fully saturated rings. The van der Waals surface area contributed by atoms with Crippen LogP contribution in [0.15, 0.2) is 21.1 Å². The summed E-state index contributed by atoms with van der Waals surface area (Å²) in [5.74, 6) is 0.854. The third-order valence-corrected chi connectivity index (χ3v) is 2.85. The average molecular weight is 294 g/mol. The van der Waals surface area contributed by atoms with Gasteiger partial charge in [-0.25, -0.2) is 0 Å². The van der Waals surface area contributed by atoms with Crippen molar-refractivity contribution in [2.75, 3.05) is 7.11 Å². The second-order valence-electron chi connectivity index (χ2n) is 2.45. The molecule has 0 heterocycles. The van der Waals surface area contributed by atoms with E-state index in [1.54, 1.807) is 7.11 Å². The van der Waals surface area contributed by atoms with Gasteiger partial charge in [0.2, 0.25) is 0 Å². The SMILES string of the molecule is CCc1cc(Br)c(OC)c(Br)c1. The summed E-state index contributed by atoms with van der Waals surface area (Å²) in [5.41, 5.74) is 1.29. The molecule has 0 radical (unpaired) electrons. The zero-order chi connectivity index (χ0) is 9.14. The highest BCUT2D eigenvalue weighted by atomic mass is 79.9. The van der Waals surface area contributed by atoms with E-state index in [-0.39, 0.29) is 0 Å². The van der Waals surface area contributed by atoms with Crippen molar-refractivity contribution >= 4 is 31.9 Å². The van der Waals surface area contributed by atoms with Gasteiger partial charge in [0.15, 0.2) is 0 Å². The van der Waals surface area contributed by atoms with Crippen molar-refractivity contribution in [3.8, 4) is 5.75 Å². The molecule has 0 aliphatic carbocycles. The van der Waals surface area contributed by atoms with Gasteiger partial charge >= 0.3 is 0 Å². The molecule has 0 amide bonds. The zero-order valence-corrected chi connectivity index (χ0v) is 10.2. The number of ether oxygens (including phenoxy) is 1. The van der Waals surface area contributed by atoms with E-state index in [4.69, 9.17) is 4.74 Å². The Bertz CT molecular complexity index is 261. The van der Waals surface area contributed by atoms with Gasteiger partial charge in [0.05, 0.1) is 16.1 Å². The number of methoxy groups -OCH3 is 1. The minimum Gasteiger partial charge on any atom is -0.494 e. The van der Waals surface area contributed by atoms with E-state index in [1.165, 1.54) is 5.56 Å². The molecule has 0 saturated heterocycles. The van der Waals surface area contributed by atoms with Crippen LogP contribution in [0.1, 0.15) is 12.5 Å². The van der Waals surface area contributed by atoms with Crippen LogP contribution in [0.5, 0.6) is 5.75 Å². The fraction of sp³-hybridized carbons (Fsp3) is 0.333. The lowest BCUT2D eigenvalue weighted by Crippen LogP contribution is -1.88. The van der Waals surface area contributed by atoms with Gasteiger partial charge in [-0.2, -0.15) is 0 Å². The Morgan fingerprint density at radius 1 is 1.25 bits per heavy atom. The maximum atomic E-state index is 5.18. The van der Waals surface area contributed by atoms with Gasteiger partial charge in [-0.15, -0.1) is 0 Å². The highest BCUT2D eigenvalue weighted by Gasteiger charge is 2.05. The van der Waals surface area contributed by atoms with Gasteiger partial charge < -0.3 is 4.74 Å².